The fourth-order valence-corrected chi connectivity index (χ4v) is 2.05. The molecule has 1 nitrogen and oxygen atoms in total. The smallest absolute Gasteiger partial charge is 0.0180 e. The molecule has 1 aliphatic rings. The summed E-state index contributed by atoms with van der Waals surface area (Å²) in [6, 6.07) is 6.53. The molecule has 1 heteroatoms. The number of fused-ring (bicyclic) bond motifs is 1. The molecule has 0 bridgehead atoms. The van der Waals surface area contributed by atoms with E-state index >= 15 is 0 Å². The number of hydrogen-bond donors (Lipinski definition) is 1. The Labute approximate surface area is 73.6 Å². The van der Waals surface area contributed by atoms with Gasteiger partial charge in [-0.3, -0.25) is 0 Å². The van der Waals surface area contributed by atoms with Crippen LogP contribution in [-0.4, -0.2) is 0 Å². The van der Waals surface area contributed by atoms with E-state index in [1.807, 2.05) is 0 Å². The zero-order valence-electron chi connectivity index (χ0n) is 7.34. The molecule has 0 fully saturated rings. The maximum absolute atomic E-state index is 5.67. The van der Waals surface area contributed by atoms with Crippen molar-refractivity contribution in [3.63, 3.8) is 0 Å². The molecular formula is C11H15N. The maximum atomic E-state index is 5.67. The van der Waals surface area contributed by atoms with E-state index in [2.05, 4.69) is 18.2 Å². The third-order valence-electron chi connectivity index (χ3n) is 2.71. The van der Waals surface area contributed by atoms with Crippen molar-refractivity contribution in [1.29, 1.82) is 0 Å². The lowest BCUT2D eigenvalue weighted by Crippen LogP contribution is -2.08. The van der Waals surface area contributed by atoms with Crippen molar-refractivity contribution < 1.29 is 0 Å². The zero-order chi connectivity index (χ0) is 8.39. The van der Waals surface area contributed by atoms with Gasteiger partial charge in [0.15, 0.2) is 0 Å². The average molecular weight is 161 g/mol. The van der Waals surface area contributed by atoms with Crippen LogP contribution in [0.5, 0.6) is 0 Å². The number of rotatable bonds is 1. The van der Waals surface area contributed by atoms with Crippen LogP contribution in [0, 0.1) is 0 Å². The van der Waals surface area contributed by atoms with Gasteiger partial charge in [-0.2, -0.15) is 0 Å². The van der Waals surface area contributed by atoms with Crippen LogP contribution in [-0.2, 0) is 19.4 Å². The SMILES string of the molecule is NCc1cccc2c1CCCC2. The fourth-order valence-electron chi connectivity index (χ4n) is 2.05. The molecule has 0 heterocycles. The molecule has 1 aromatic rings. The lowest BCUT2D eigenvalue weighted by molar-refractivity contribution is 0.678. The molecular weight excluding hydrogens is 146 g/mol. The highest BCUT2D eigenvalue weighted by atomic mass is 14.5. The van der Waals surface area contributed by atoms with Crippen LogP contribution in [0.1, 0.15) is 29.5 Å². The predicted octanol–water partition coefficient (Wildman–Crippen LogP) is 2.02. The summed E-state index contributed by atoms with van der Waals surface area (Å²) in [6.45, 7) is 0.698. The summed E-state index contributed by atoms with van der Waals surface area (Å²) in [5, 5.41) is 0. The Balaban J connectivity index is 2.44. The van der Waals surface area contributed by atoms with Gasteiger partial charge in [-0.1, -0.05) is 18.2 Å². The summed E-state index contributed by atoms with van der Waals surface area (Å²) < 4.78 is 0. The largest absolute Gasteiger partial charge is 0.326 e. The molecule has 2 rings (SSSR count). The molecule has 2 N–H and O–H groups in total. The first kappa shape index (κ1) is 7.81. The summed E-state index contributed by atoms with van der Waals surface area (Å²) in [5.41, 5.74) is 10.1. The van der Waals surface area contributed by atoms with Crippen molar-refractivity contribution in [3.05, 3.63) is 34.9 Å². The first-order valence-corrected chi connectivity index (χ1v) is 4.71. The normalized spacial score (nSPS) is 15.8. The molecule has 0 amide bonds. The molecule has 0 radical (unpaired) electrons. The lowest BCUT2D eigenvalue weighted by Gasteiger charge is -2.18. The lowest BCUT2D eigenvalue weighted by atomic mass is 9.88. The van der Waals surface area contributed by atoms with Crippen molar-refractivity contribution in [2.24, 2.45) is 5.73 Å². The van der Waals surface area contributed by atoms with Gasteiger partial charge in [-0.05, 0) is 42.4 Å². The van der Waals surface area contributed by atoms with Gasteiger partial charge in [0.1, 0.15) is 0 Å². The molecule has 0 aliphatic heterocycles. The first-order chi connectivity index (χ1) is 5.92. The summed E-state index contributed by atoms with van der Waals surface area (Å²) in [6.07, 6.45) is 5.18. The number of hydrogen-bond acceptors (Lipinski definition) is 1. The quantitative estimate of drug-likeness (QED) is 0.670. The third-order valence-corrected chi connectivity index (χ3v) is 2.71. The average Bonchev–Trinajstić information content (AvgIpc) is 2.17. The highest BCUT2D eigenvalue weighted by molar-refractivity contribution is 5.36. The zero-order valence-corrected chi connectivity index (χ0v) is 7.34. The van der Waals surface area contributed by atoms with Crippen molar-refractivity contribution in [3.8, 4) is 0 Å². The Kier molecular flexibility index (Phi) is 2.13. The van der Waals surface area contributed by atoms with Crippen LogP contribution in [0.2, 0.25) is 0 Å². The third kappa shape index (κ3) is 1.25. The molecule has 0 spiro atoms. The van der Waals surface area contributed by atoms with Gasteiger partial charge < -0.3 is 5.73 Å². The van der Waals surface area contributed by atoms with E-state index in [-0.39, 0.29) is 0 Å². The van der Waals surface area contributed by atoms with Gasteiger partial charge in [0.2, 0.25) is 0 Å². The minimum absolute atomic E-state index is 0.698. The van der Waals surface area contributed by atoms with E-state index in [9.17, 15) is 0 Å². The molecule has 1 aliphatic carbocycles. The first-order valence-electron chi connectivity index (χ1n) is 4.71. The fraction of sp³-hybridized carbons (Fsp3) is 0.455. The number of benzene rings is 1. The Morgan fingerprint density at radius 1 is 1.17 bits per heavy atom. The van der Waals surface area contributed by atoms with Gasteiger partial charge in [0.05, 0.1) is 0 Å². The maximum Gasteiger partial charge on any atom is 0.0180 e. The molecule has 0 atom stereocenters. The highest BCUT2D eigenvalue weighted by Gasteiger charge is 2.10. The van der Waals surface area contributed by atoms with E-state index < -0.39 is 0 Å². The molecule has 1 aromatic carbocycles. The van der Waals surface area contributed by atoms with E-state index in [1.54, 1.807) is 0 Å². The van der Waals surface area contributed by atoms with Gasteiger partial charge in [-0.25, -0.2) is 0 Å². The Morgan fingerprint density at radius 2 is 2.00 bits per heavy atom. The van der Waals surface area contributed by atoms with Crippen LogP contribution in [0.15, 0.2) is 18.2 Å². The van der Waals surface area contributed by atoms with E-state index in [1.165, 1.54) is 42.4 Å². The molecule has 0 aromatic heterocycles. The van der Waals surface area contributed by atoms with Crippen LogP contribution < -0.4 is 5.73 Å². The molecule has 12 heavy (non-hydrogen) atoms. The second kappa shape index (κ2) is 3.28. The summed E-state index contributed by atoms with van der Waals surface area (Å²) in [5.74, 6) is 0. The molecule has 0 saturated heterocycles. The second-order valence-corrected chi connectivity index (χ2v) is 3.47. The van der Waals surface area contributed by atoms with Crippen LogP contribution in [0.3, 0.4) is 0 Å². The van der Waals surface area contributed by atoms with Gasteiger partial charge in [-0.15, -0.1) is 0 Å². The highest BCUT2D eigenvalue weighted by Crippen LogP contribution is 2.23. The molecule has 0 unspecified atom stereocenters. The van der Waals surface area contributed by atoms with Crippen LogP contribution in [0.4, 0.5) is 0 Å². The predicted molar refractivity (Wildman–Crippen MR) is 51.0 cm³/mol. The Bertz CT molecular complexity index is 264. The van der Waals surface area contributed by atoms with Crippen LogP contribution >= 0.6 is 0 Å². The minimum atomic E-state index is 0.698. The van der Waals surface area contributed by atoms with Gasteiger partial charge in [0.25, 0.3) is 0 Å². The topological polar surface area (TPSA) is 26.0 Å². The van der Waals surface area contributed by atoms with E-state index in [0.29, 0.717) is 6.54 Å². The minimum Gasteiger partial charge on any atom is -0.326 e. The van der Waals surface area contributed by atoms with Crippen molar-refractivity contribution >= 4 is 0 Å². The van der Waals surface area contributed by atoms with E-state index in [4.69, 9.17) is 5.73 Å². The summed E-state index contributed by atoms with van der Waals surface area (Å²) >= 11 is 0. The molecule has 0 saturated carbocycles. The molecule has 64 valence electrons. The Hall–Kier alpha value is -0.820. The number of nitrogens with two attached hydrogens (primary N) is 1. The van der Waals surface area contributed by atoms with Gasteiger partial charge in [0, 0.05) is 6.54 Å². The second-order valence-electron chi connectivity index (χ2n) is 3.47. The summed E-state index contributed by atoms with van der Waals surface area (Å²) in [7, 11) is 0. The van der Waals surface area contributed by atoms with Crippen molar-refractivity contribution in [1.82, 2.24) is 0 Å². The van der Waals surface area contributed by atoms with E-state index in [0.717, 1.165) is 0 Å². The number of aryl methyl sites for hydroxylation is 1. The standard InChI is InChI=1S/C11H15N/c12-8-10-6-3-5-9-4-1-2-7-11(9)10/h3,5-6H,1-2,4,7-8,12H2. The van der Waals surface area contributed by atoms with Gasteiger partial charge >= 0.3 is 0 Å². The van der Waals surface area contributed by atoms with Crippen molar-refractivity contribution in [2.45, 2.75) is 32.2 Å². The van der Waals surface area contributed by atoms with Crippen LogP contribution in [0.25, 0.3) is 0 Å². The Morgan fingerprint density at radius 3 is 2.83 bits per heavy atom. The summed E-state index contributed by atoms with van der Waals surface area (Å²) in [4.78, 5) is 0. The van der Waals surface area contributed by atoms with Crippen molar-refractivity contribution in [2.75, 3.05) is 0 Å². The monoisotopic (exact) mass is 161 g/mol.